The third kappa shape index (κ3) is 8.30. The fraction of sp³-hybridized carbons (Fsp3) is 0.720. The molecule has 0 N–H and O–H groups in total. The van der Waals surface area contributed by atoms with E-state index < -0.39 is 29.0 Å². The maximum atomic E-state index is 12.6. The molecule has 0 aromatic heterocycles. The fourth-order valence-electron chi connectivity index (χ4n) is 4.82. The van der Waals surface area contributed by atoms with E-state index in [9.17, 15) is 31.1 Å². The monoisotopic (exact) mass is 481 g/mol. The van der Waals surface area contributed by atoms with Crippen LogP contribution in [0.2, 0.25) is 0 Å². The molecule has 1 saturated carbocycles. The summed E-state index contributed by atoms with van der Waals surface area (Å²) in [5, 5.41) is 0. The lowest BCUT2D eigenvalue weighted by Gasteiger charge is -2.28. The SMILES string of the molecule is CC.CCC[C@H]1CCCC1N1CCCC1.CCc1cc(C(F)(F)F)cc(C(F)(F)F)c1C=O. The molecular weight excluding hydrogens is 444 g/mol. The van der Waals surface area contributed by atoms with Gasteiger partial charge in [0.1, 0.15) is 0 Å². The Morgan fingerprint density at radius 1 is 0.939 bits per heavy atom. The number of carbonyl (C=O) groups excluding carboxylic acids is 1. The van der Waals surface area contributed by atoms with Gasteiger partial charge in [0.15, 0.2) is 6.29 Å². The number of hydrogen-bond donors (Lipinski definition) is 0. The van der Waals surface area contributed by atoms with Crippen LogP contribution in [0.4, 0.5) is 26.3 Å². The maximum Gasteiger partial charge on any atom is 0.417 e. The lowest BCUT2D eigenvalue weighted by Crippen LogP contribution is -2.35. The molecule has 2 aliphatic rings. The van der Waals surface area contributed by atoms with E-state index in [-0.39, 0.29) is 24.3 Å². The lowest BCUT2D eigenvalue weighted by molar-refractivity contribution is -0.143. The Kier molecular flexibility index (Phi) is 11.9. The molecule has 1 aromatic carbocycles. The third-order valence-electron chi connectivity index (χ3n) is 6.29. The molecule has 1 aliphatic heterocycles. The second-order valence-electron chi connectivity index (χ2n) is 8.35. The van der Waals surface area contributed by atoms with Crippen molar-refractivity contribution in [3.05, 3.63) is 34.4 Å². The number of aldehydes is 1. The molecule has 2 atom stereocenters. The highest BCUT2D eigenvalue weighted by molar-refractivity contribution is 5.80. The normalized spacial score (nSPS) is 21.2. The largest absolute Gasteiger partial charge is 0.417 e. The molecule has 1 heterocycles. The Labute approximate surface area is 193 Å². The second kappa shape index (κ2) is 13.4. The van der Waals surface area contributed by atoms with Crippen LogP contribution in [0.1, 0.15) is 99.7 Å². The van der Waals surface area contributed by atoms with Crippen LogP contribution in [0.3, 0.4) is 0 Å². The van der Waals surface area contributed by atoms with Gasteiger partial charge in [0.05, 0.1) is 11.1 Å². The van der Waals surface area contributed by atoms with Crippen LogP contribution in [0.15, 0.2) is 12.1 Å². The number of carbonyl (C=O) groups is 1. The van der Waals surface area contributed by atoms with Gasteiger partial charge in [0, 0.05) is 11.6 Å². The Balaban J connectivity index is 0.000000319. The van der Waals surface area contributed by atoms with Crippen molar-refractivity contribution < 1.29 is 31.1 Å². The summed E-state index contributed by atoms with van der Waals surface area (Å²) >= 11 is 0. The summed E-state index contributed by atoms with van der Waals surface area (Å²) in [5.74, 6) is 1.04. The average molecular weight is 482 g/mol. The van der Waals surface area contributed by atoms with Gasteiger partial charge in [-0.25, -0.2) is 0 Å². The van der Waals surface area contributed by atoms with Gasteiger partial charge in [0.25, 0.3) is 0 Å². The highest BCUT2D eigenvalue weighted by atomic mass is 19.4. The van der Waals surface area contributed by atoms with Crippen molar-refractivity contribution in [2.24, 2.45) is 5.92 Å². The lowest BCUT2D eigenvalue weighted by atomic mass is 9.96. The van der Waals surface area contributed by atoms with Gasteiger partial charge in [-0.05, 0) is 75.2 Å². The average Bonchev–Trinajstić information content (AvgIpc) is 3.45. The first-order valence-corrected chi connectivity index (χ1v) is 12.0. The molecule has 2 fully saturated rings. The van der Waals surface area contributed by atoms with Crippen molar-refractivity contribution in [2.45, 2.75) is 97.5 Å². The van der Waals surface area contributed by atoms with Gasteiger partial charge in [-0.15, -0.1) is 0 Å². The van der Waals surface area contributed by atoms with Crippen LogP contribution in [0.5, 0.6) is 0 Å². The van der Waals surface area contributed by atoms with Crippen LogP contribution in [-0.4, -0.2) is 30.3 Å². The molecule has 1 aliphatic carbocycles. The highest BCUT2D eigenvalue weighted by Gasteiger charge is 2.39. The van der Waals surface area contributed by atoms with Crippen molar-refractivity contribution in [1.29, 1.82) is 0 Å². The predicted molar refractivity (Wildman–Crippen MR) is 119 cm³/mol. The van der Waals surface area contributed by atoms with Crippen LogP contribution in [0, 0.1) is 5.92 Å². The first-order chi connectivity index (χ1) is 15.5. The zero-order valence-corrected chi connectivity index (χ0v) is 20.1. The number of nitrogens with zero attached hydrogens (tertiary/aromatic N) is 1. The fourth-order valence-corrected chi connectivity index (χ4v) is 4.82. The Hall–Kier alpha value is -1.57. The number of hydrogen-bond acceptors (Lipinski definition) is 2. The molecular formula is C25H37F6NO. The van der Waals surface area contributed by atoms with Gasteiger partial charge < -0.3 is 4.90 Å². The van der Waals surface area contributed by atoms with E-state index >= 15 is 0 Å². The number of likely N-dealkylation sites (tertiary alicyclic amines) is 1. The minimum Gasteiger partial charge on any atom is -0.300 e. The minimum atomic E-state index is -5.00. The standard InChI is InChI=1S/C12H23N.C11H8F6O.C2H6/c1-2-6-11-7-5-8-12(11)13-9-3-4-10-13;1-2-6-3-7(10(12,13)14)4-9(8(6)5-18)11(15,16)17;1-2/h11-12H,2-10H2,1H3;3-5H,2H2,1H3;1-2H3/t11-,12?;;/m0../s1. The quantitative estimate of drug-likeness (QED) is 0.312. The van der Waals surface area contributed by atoms with Crippen molar-refractivity contribution in [3.63, 3.8) is 0 Å². The third-order valence-corrected chi connectivity index (χ3v) is 6.29. The topological polar surface area (TPSA) is 20.3 Å². The molecule has 8 heteroatoms. The summed E-state index contributed by atoms with van der Waals surface area (Å²) in [6, 6.07) is 1.50. The Morgan fingerprint density at radius 2 is 1.55 bits per heavy atom. The molecule has 2 nitrogen and oxygen atoms in total. The molecule has 1 saturated heterocycles. The van der Waals surface area contributed by atoms with E-state index in [2.05, 4.69) is 11.8 Å². The number of halogens is 6. The number of alkyl halides is 6. The predicted octanol–water partition coefficient (Wildman–Crippen LogP) is 8.18. The van der Waals surface area contributed by atoms with E-state index in [0.717, 1.165) is 12.0 Å². The molecule has 1 aromatic rings. The summed E-state index contributed by atoms with van der Waals surface area (Å²) in [5.41, 5.74) is -3.97. The van der Waals surface area contributed by atoms with Crippen molar-refractivity contribution in [1.82, 2.24) is 4.90 Å². The van der Waals surface area contributed by atoms with Gasteiger partial charge in [0.2, 0.25) is 0 Å². The number of rotatable bonds is 5. The Bertz CT molecular complexity index is 723. The van der Waals surface area contributed by atoms with Gasteiger partial charge in [-0.2, -0.15) is 26.3 Å². The van der Waals surface area contributed by atoms with E-state index in [1.54, 1.807) is 0 Å². The first-order valence-electron chi connectivity index (χ1n) is 12.0. The highest BCUT2D eigenvalue weighted by Crippen LogP contribution is 2.38. The summed E-state index contributed by atoms with van der Waals surface area (Å²) in [7, 11) is 0. The van der Waals surface area contributed by atoms with Crippen LogP contribution in [-0.2, 0) is 18.8 Å². The smallest absolute Gasteiger partial charge is 0.300 e. The van der Waals surface area contributed by atoms with Gasteiger partial charge in [-0.3, -0.25) is 4.79 Å². The van der Waals surface area contributed by atoms with Crippen molar-refractivity contribution in [2.75, 3.05) is 13.1 Å². The molecule has 0 amide bonds. The van der Waals surface area contributed by atoms with Crippen LogP contribution < -0.4 is 0 Å². The summed E-state index contributed by atoms with van der Waals surface area (Å²) in [6.07, 6.45) is 0.210. The van der Waals surface area contributed by atoms with Crippen LogP contribution in [0.25, 0.3) is 0 Å². The first kappa shape index (κ1) is 29.5. The summed E-state index contributed by atoms with van der Waals surface area (Å²) < 4.78 is 75.1. The van der Waals surface area contributed by atoms with Crippen LogP contribution >= 0.6 is 0 Å². The minimum absolute atomic E-state index is 0.0388. The molecule has 190 valence electrons. The molecule has 1 unspecified atom stereocenters. The van der Waals surface area contributed by atoms with Crippen molar-refractivity contribution >= 4 is 6.29 Å². The molecule has 0 radical (unpaired) electrons. The van der Waals surface area contributed by atoms with E-state index in [1.807, 2.05) is 13.8 Å². The molecule has 33 heavy (non-hydrogen) atoms. The van der Waals surface area contributed by atoms with Gasteiger partial charge in [-0.1, -0.05) is 40.5 Å². The number of benzene rings is 1. The maximum absolute atomic E-state index is 12.6. The second-order valence-corrected chi connectivity index (χ2v) is 8.35. The van der Waals surface area contributed by atoms with E-state index in [4.69, 9.17) is 0 Å². The van der Waals surface area contributed by atoms with Crippen molar-refractivity contribution in [3.8, 4) is 0 Å². The van der Waals surface area contributed by atoms with Gasteiger partial charge >= 0.3 is 12.4 Å². The molecule has 3 rings (SSSR count). The zero-order chi connectivity index (χ0) is 25.2. The van der Waals surface area contributed by atoms with E-state index in [0.29, 0.717) is 6.07 Å². The number of aryl methyl sites for hydroxylation is 1. The summed E-state index contributed by atoms with van der Waals surface area (Å²) in [6.45, 7) is 10.5. The molecule has 0 bridgehead atoms. The molecule has 0 spiro atoms. The Morgan fingerprint density at radius 3 is 2.00 bits per heavy atom. The summed E-state index contributed by atoms with van der Waals surface area (Å²) in [4.78, 5) is 13.4. The zero-order valence-electron chi connectivity index (χ0n) is 20.1. The van der Waals surface area contributed by atoms with E-state index in [1.165, 1.54) is 65.0 Å².